The molecule has 1 atom stereocenters. The van der Waals surface area contributed by atoms with E-state index in [9.17, 15) is 10.1 Å². The van der Waals surface area contributed by atoms with Crippen molar-refractivity contribution in [3.8, 4) is 17.6 Å². The van der Waals surface area contributed by atoms with Gasteiger partial charge in [-0.05, 0) is 35.6 Å². The maximum Gasteiger partial charge on any atom is 0.219 e. The van der Waals surface area contributed by atoms with Crippen LogP contribution in [0, 0.1) is 16.7 Å². The van der Waals surface area contributed by atoms with Gasteiger partial charge in [-0.1, -0.05) is 72.8 Å². The highest BCUT2D eigenvalue weighted by molar-refractivity contribution is 8.00. The molecule has 1 aliphatic heterocycles. The number of Topliss-reactive ketones (excluding diaryl/α,β-unsaturated/α-hetero) is 1. The van der Waals surface area contributed by atoms with E-state index in [0.29, 0.717) is 51.4 Å². The summed E-state index contributed by atoms with van der Waals surface area (Å²) in [5.74, 6) is 1.16. The number of halogens is 1. The lowest BCUT2D eigenvalue weighted by Gasteiger charge is -2.42. The van der Waals surface area contributed by atoms with Crippen LogP contribution >= 0.6 is 34.7 Å². The number of rotatable bonds is 7. The van der Waals surface area contributed by atoms with Crippen molar-refractivity contribution in [1.29, 1.82) is 5.26 Å². The summed E-state index contributed by atoms with van der Waals surface area (Å²) < 4.78 is 12.0. The molecular formula is C29H28ClN5O3S2. The largest absolute Gasteiger partial charge is 0.493 e. The molecule has 2 N–H and O–H groups in total. The maximum absolute atomic E-state index is 13.8. The molecule has 2 aromatic carbocycles. The van der Waals surface area contributed by atoms with Crippen LogP contribution in [-0.4, -0.2) is 30.2 Å². The quantitative estimate of drug-likeness (QED) is 0.309. The monoisotopic (exact) mass is 593 g/mol. The van der Waals surface area contributed by atoms with Gasteiger partial charge in [-0.15, -0.1) is 10.2 Å². The molecule has 0 fully saturated rings. The molecule has 0 saturated heterocycles. The van der Waals surface area contributed by atoms with Crippen molar-refractivity contribution < 1.29 is 14.3 Å². The van der Waals surface area contributed by atoms with E-state index in [4.69, 9.17) is 26.8 Å². The fraction of sp³-hybridized carbons (Fsp3) is 0.310. The number of ketones is 1. The third-order valence-corrected chi connectivity index (χ3v) is 9.35. The number of nitrogens with zero attached hydrogens (tertiary/aromatic N) is 4. The Morgan fingerprint density at radius 1 is 1.18 bits per heavy atom. The number of aromatic nitrogens is 2. The smallest absolute Gasteiger partial charge is 0.219 e. The van der Waals surface area contributed by atoms with Crippen LogP contribution in [-0.2, 0) is 10.5 Å². The summed E-state index contributed by atoms with van der Waals surface area (Å²) in [7, 11) is 3.10. The molecule has 5 rings (SSSR count). The number of nitriles is 1. The summed E-state index contributed by atoms with van der Waals surface area (Å²) in [5.41, 5.74) is 9.74. The third-order valence-electron chi connectivity index (χ3n) is 6.99. The molecule has 40 heavy (non-hydrogen) atoms. The molecule has 8 nitrogen and oxygen atoms in total. The Morgan fingerprint density at radius 2 is 1.93 bits per heavy atom. The van der Waals surface area contributed by atoms with Crippen LogP contribution < -0.4 is 20.1 Å². The lowest BCUT2D eigenvalue weighted by atomic mass is 9.68. The number of methoxy groups -OCH3 is 2. The van der Waals surface area contributed by atoms with Crippen LogP contribution in [0.4, 0.5) is 5.13 Å². The first-order valence-electron chi connectivity index (χ1n) is 12.5. The SMILES string of the molecule is COc1cccc([C@@H]2C(C#N)=C(N)N(c3nnc(SCc4ccc(Cl)cc4)s3)C3=C2C(=O)CC(C)(C)C3)c1OC. The van der Waals surface area contributed by atoms with Crippen molar-refractivity contribution >= 4 is 45.6 Å². The molecule has 2 aliphatic rings. The first-order valence-corrected chi connectivity index (χ1v) is 14.7. The minimum absolute atomic E-state index is 0.0341. The average Bonchev–Trinajstić information content (AvgIpc) is 3.39. The number of carbonyl (C=O) groups excluding carboxylic acids is 1. The normalized spacial score (nSPS) is 18.4. The molecule has 11 heteroatoms. The Labute approximate surface area is 246 Å². The highest BCUT2D eigenvalue weighted by Crippen LogP contribution is 2.53. The number of benzene rings is 2. The highest BCUT2D eigenvalue weighted by Gasteiger charge is 2.46. The fourth-order valence-corrected chi connectivity index (χ4v) is 7.22. The van der Waals surface area contributed by atoms with Crippen LogP contribution in [0.5, 0.6) is 11.5 Å². The number of para-hydroxylation sites is 1. The minimum Gasteiger partial charge on any atom is -0.493 e. The highest BCUT2D eigenvalue weighted by atomic mass is 35.5. The van der Waals surface area contributed by atoms with E-state index >= 15 is 0 Å². The van der Waals surface area contributed by atoms with Crippen molar-refractivity contribution in [1.82, 2.24) is 10.2 Å². The topological polar surface area (TPSA) is 114 Å². The second-order valence-corrected chi connectivity index (χ2v) is 12.9. The molecule has 1 aromatic heterocycles. The molecule has 0 spiro atoms. The summed E-state index contributed by atoms with van der Waals surface area (Å²) in [6, 6.07) is 15.4. The fourth-order valence-electron chi connectivity index (χ4n) is 5.25. The van der Waals surface area contributed by atoms with Crippen molar-refractivity contribution in [3.63, 3.8) is 0 Å². The molecule has 3 aromatic rings. The lowest BCUT2D eigenvalue weighted by Crippen LogP contribution is -2.42. The van der Waals surface area contributed by atoms with Gasteiger partial charge in [0, 0.05) is 34.0 Å². The van der Waals surface area contributed by atoms with Gasteiger partial charge in [-0.2, -0.15) is 5.26 Å². The predicted octanol–water partition coefficient (Wildman–Crippen LogP) is 6.44. The van der Waals surface area contributed by atoms with E-state index in [1.807, 2.05) is 36.4 Å². The van der Waals surface area contributed by atoms with Crippen LogP contribution in [0.15, 0.2) is 69.5 Å². The number of thioether (sulfide) groups is 1. The Morgan fingerprint density at radius 3 is 2.60 bits per heavy atom. The number of allylic oxidation sites excluding steroid dienone is 3. The predicted molar refractivity (Wildman–Crippen MR) is 158 cm³/mol. The second-order valence-electron chi connectivity index (χ2n) is 10.3. The van der Waals surface area contributed by atoms with Gasteiger partial charge in [-0.3, -0.25) is 9.69 Å². The van der Waals surface area contributed by atoms with Crippen LogP contribution in [0.1, 0.15) is 43.7 Å². The number of anilines is 1. The summed E-state index contributed by atoms with van der Waals surface area (Å²) in [4.78, 5) is 15.6. The Hall–Kier alpha value is -3.52. The first kappa shape index (κ1) is 28.0. The zero-order chi connectivity index (χ0) is 28.6. The Kier molecular flexibility index (Phi) is 7.82. The zero-order valence-electron chi connectivity index (χ0n) is 22.5. The molecule has 0 saturated carbocycles. The third kappa shape index (κ3) is 5.17. The first-order chi connectivity index (χ1) is 19.2. The zero-order valence-corrected chi connectivity index (χ0v) is 24.9. The van der Waals surface area contributed by atoms with Crippen molar-refractivity contribution in [2.75, 3.05) is 19.1 Å². The molecule has 1 aliphatic carbocycles. The summed E-state index contributed by atoms with van der Waals surface area (Å²) in [6.45, 7) is 4.11. The van der Waals surface area contributed by atoms with E-state index in [-0.39, 0.29) is 22.6 Å². The number of carbonyl (C=O) groups is 1. The van der Waals surface area contributed by atoms with Gasteiger partial charge in [0.15, 0.2) is 21.6 Å². The van der Waals surface area contributed by atoms with Crippen LogP contribution in [0.25, 0.3) is 0 Å². The molecule has 206 valence electrons. The Balaban J connectivity index is 1.60. The van der Waals surface area contributed by atoms with E-state index in [1.165, 1.54) is 11.3 Å². The second kappa shape index (κ2) is 11.2. The van der Waals surface area contributed by atoms with Gasteiger partial charge in [0.25, 0.3) is 0 Å². The number of ether oxygens (including phenoxy) is 2. The molecular weight excluding hydrogens is 566 g/mol. The van der Waals surface area contributed by atoms with E-state index < -0.39 is 5.92 Å². The molecule has 0 amide bonds. The number of hydrogen-bond acceptors (Lipinski definition) is 10. The van der Waals surface area contributed by atoms with Crippen LogP contribution in [0.2, 0.25) is 5.02 Å². The Bertz CT molecular complexity index is 1570. The van der Waals surface area contributed by atoms with Gasteiger partial charge in [-0.25, -0.2) is 0 Å². The van der Waals surface area contributed by atoms with E-state index in [1.54, 1.807) is 36.9 Å². The maximum atomic E-state index is 13.8. The number of hydrogen-bond donors (Lipinski definition) is 1. The van der Waals surface area contributed by atoms with Crippen LogP contribution in [0.3, 0.4) is 0 Å². The van der Waals surface area contributed by atoms with Crippen molar-refractivity contribution in [2.45, 2.75) is 42.7 Å². The summed E-state index contributed by atoms with van der Waals surface area (Å²) in [6.07, 6.45) is 0.919. The van der Waals surface area contributed by atoms with Gasteiger partial charge in [0.1, 0.15) is 5.82 Å². The molecule has 2 heterocycles. The van der Waals surface area contributed by atoms with Crippen molar-refractivity contribution in [3.05, 3.63) is 81.3 Å². The molecule has 0 unspecified atom stereocenters. The van der Waals surface area contributed by atoms with E-state index in [0.717, 1.165) is 15.6 Å². The summed E-state index contributed by atoms with van der Waals surface area (Å²) >= 11 is 8.93. The van der Waals surface area contributed by atoms with Crippen molar-refractivity contribution in [2.24, 2.45) is 11.1 Å². The van der Waals surface area contributed by atoms with Gasteiger partial charge in [0.05, 0.1) is 31.8 Å². The standard InChI is InChI=1S/C29H28ClN5O3S2/c1-29(2)12-20-24(21(36)13-29)23(18-6-5-7-22(37-3)25(18)38-4)19(14-31)26(32)35(20)27-33-34-28(40-27)39-15-16-8-10-17(30)11-9-16/h5-11,23H,12-13,15,32H2,1-4H3/t23-/m1/s1. The molecule has 0 radical (unpaired) electrons. The lowest BCUT2D eigenvalue weighted by molar-refractivity contribution is -0.118. The minimum atomic E-state index is -0.698. The average molecular weight is 594 g/mol. The molecule has 0 bridgehead atoms. The van der Waals surface area contributed by atoms with Gasteiger partial charge in [0.2, 0.25) is 5.13 Å². The number of nitrogens with two attached hydrogens (primary N) is 1. The summed E-state index contributed by atoms with van der Waals surface area (Å²) in [5, 5.41) is 20.4. The van der Waals surface area contributed by atoms with Gasteiger partial charge >= 0.3 is 0 Å². The van der Waals surface area contributed by atoms with Gasteiger partial charge < -0.3 is 15.2 Å². The van der Waals surface area contributed by atoms with E-state index in [2.05, 4.69) is 30.1 Å².